The van der Waals surface area contributed by atoms with Gasteiger partial charge in [-0.2, -0.15) is 5.26 Å². The van der Waals surface area contributed by atoms with Crippen LogP contribution in [0.4, 0.5) is 8.78 Å². The third kappa shape index (κ3) is 5.25. The fourth-order valence-corrected chi connectivity index (χ4v) is 1.82. The molecule has 19 heavy (non-hydrogen) atoms. The van der Waals surface area contributed by atoms with Gasteiger partial charge in [-0.1, -0.05) is 39.0 Å². The van der Waals surface area contributed by atoms with Crippen molar-refractivity contribution in [1.29, 1.82) is 5.26 Å². The molecule has 0 aromatic heterocycles. The molecule has 0 radical (unpaired) electrons. The van der Waals surface area contributed by atoms with Crippen molar-refractivity contribution in [3.63, 3.8) is 0 Å². The van der Waals surface area contributed by atoms with Gasteiger partial charge in [-0.05, 0) is 18.6 Å². The van der Waals surface area contributed by atoms with E-state index in [1.165, 1.54) is 19.3 Å². The van der Waals surface area contributed by atoms with Gasteiger partial charge in [0.2, 0.25) is 0 Å². The van der Waals surface area contributed by atoms with E-state index in [1.54, 1.807) is 6.07 Å². The average Bonchev–Trinajstić information content (AvgIpc) is 2.40. The molecule has 0 aliphatic heterocycles. The van der Waals surface area contributed by atoms with E-state index in [9.17, 15) is 8.78 Å². The van der Waals surface area contributed by atoms with Crippen LogP contribution in [0.3, 0.4) is 0 Å². The van der Waals surface area contributed by atoms with Crippen LogP contribution in [0.1, 0.15) is 51.0 Å². The van der Waals surface area contributed by atoms with Crippen molar-refractivity contribution in [1.82, 2.24) is 0 Å². The number of benzene rings is 1. The molecule has 4 heteroatoms. The maximum absolute atomic E-state index is 13.5. The van der Waals surface area contributed by atoms with E-state index < -0.39 is 11.6 Å². The van der Waals surface area contributed by atoms with Gasteiger partial charge in [-0.3, -0.25) is 0 Å². The van der Waals surface area contributed by atoms with Crippen LogP contribution in [0.5, 0.6) is 5.75 Å². The molecule has 0 aliphatic carbocycles. The number of nitrogens with zero attached hydrogens (tertiary/aromatic N) is 1. The minimum atomic E-state index is -0.817. The summed E-state index contributed by atoms with van der Waals surface area (Å²) in [7, 11) is 0. The molecule has 0 saturated heterocycles. The summed E-state index contributed by atoms with van der Waals surface area (Å²) in [5.74, 6) is -2.02. The van der Waals surface area contributed by atoms with Crippen LogP contribution in [-0.2, 0) is 0 Å². The molecule has 0 heterocycles. The van der Waals surface area contributed by atoms with Crippen LogP contribution in [0.15, 0.2) is 12.1 Å². The first-order valence-electron chi connectivity index (χ1n) is 6.71. The van der Waals surface area contributed by atoms with Crippen LogP contribution in [0.25, 0.3) is 0 Å². The molecule has 0 N–H and O–H groups in total. The minimum Gasteiger partial charge on any atom is -0.488 e. The summed E-state index contributed by atoms with van der Waals surface area (Å²) in [6, 6.07) is 3.67. The lowest BCUT2D eigenvalue weighted by molar-refractivity contribution is 0.275. The zero-order valence-corrected chi connectivity index (χ0v) is 11.2. The number of halogens is 2. The molecule has 0 aliphatic rings. The van der Waals surface area contributed by atoms with Gasteiger partial charge in [-0.15, -0.1) is 0 Å². The monoisotopic (exact) mass is 267 g/mol. The zero-order chi connectivity index (χ0) is 14.1. The number of ether oxygens (including phenoxy) is 1. The highest BCUT2D eigenvalue weighted by Crippen LogP contribution is 2.23. The molecule has 0 spiro atoms. The molecule has 1 rings (SSSR count). The maximum atomic E-state index is 13.5. The second kappa shape index (κ2) is 8.47. The smallest absolute Gasteiger partial charge is 0.190 e. The van der Waals surface area contributed by atoms with Gasteiger partial charge in [0.05, 0.1) is 18.2 Å². The van der Waals surface area contributed by atoms with E-state index in [0.717, 1.165) is 31.4 Å². The average molecular weight is 267 g/mol. The van der Waals surface area contributed by atoms with Crippen molar-refractivity contribution in [3.8, 4) is 11.8 Å². The van der Waals surface area contributed by atoms with Crippen LogP contribution >= 0.6 is 0 Å². The summed E-state index contributed by atoms with van der Waals surface area (Å²) in [5.41, 5.74) is -0.0399. The van der Waals surface area contributed by atoms with Crippen molar-refractivity contribution in [2.45, 2.75) is 45.4 Å². The summed E-state index contributed by atoms with van der Waals surface area (Å²) in [5, 5.41) is 8.57. The minimum absolute atomic E-state index is 0.0399. The number of rotatable bonds is 8. The number of hydrogen-bond acceptors (Lipinski definition) is 2. The second-order valence-corrected chi connectivity index (χ2v) is 4.50. The van der Waals surface area contributed by atoms with E-state index in [-0.39, 0.29) is 11.3 Å². The summed E-state index contributed by atoms with van der Waals surface area (Å²) in [6.45, 7) is 2.45. The van der Waals surface area contributed by atoms with Crippen LogP contribution < -0.4 is 4.74 Å². The third-order valence-corrected chi connectivity index (χ3v) is 2.87. The molecule has 0 saturated carbocycles. The Balaban J connectivity index is 2.36. The van der Waals surface area contributed by atoms with Gasteiger partial charge in [-0.25, -0.2) is 8.78 Å². The van der Waals surface area contributed by atoms with Gasteiger partial charge in [0.1, 0.15) is 0 Å². The van der Waals surface area contributed by atoms with Crippen molar-refractivity contribution in [2.75, 3.05) is 6.61 Å². The third-order valence-electron chi connectivity index (χ3n) is 2.87. The summed E-state index contributed by atoms with van der Waals surface area (Å²) in [4.78, 5) is 0. The summed E-state index contributed by atoms with van der Waals surface area (Å²) in [6.07, 6.45) is 6.51. The molecule has 0 fully saturated rings. The normalized spacial score (nSPS) is 10.2. The lowest BCUT2D eigenvalue weighted by atomic mass is 10.1. The van der Waals surface area contributed by atoms with E-state index in [4.69, 9.17) is 10.00 Å². The lowest BCUT2D eigenvalue weighted by Crippen LogP contribution is -2.02. The maximum Gasteiger partial charge on any atom is 0.190 e. The van der Waals surface area contributed by atoms with Crippen molar-refractivity contribution in [3.05, 3.63) is 29.3 Å². The van der Waals surface area contributed by atoms with Crippen molar-refractivity contribution >= 4 is 0 Å². The molecular formula is C15H19F2NO. The Labute approximate surface area is 113 Å². The van der Waals surface area contributed by atoms with Crippen LogP contribution in [0, 0.1) is 23.0 Å². The van der Waals surface area contributed by atoms with Gasteiger partial charge < -0.3 is 4.74 Å². The predicted molar refractivity (Wildman–Crippen MR) is 69.9 cm³/mol. The topological polar surface area (TPSA) is 33.0 Å². The Bertz CT molecular complexity index is 417. The molecule has 0 atom stereocenters. The Morgan fingerprint density at radius 3 is 2.21 bits per heavy atom. The lowest BCUT2D eigenvalue weighted by Gasteiger charge is -2.08. The number of nitriles is 1. The highest BCUT2D eigenvalue weighted by Gasteiger charge is 2.12. The van der Waals surface area contributed by atoms with Crippen LogP contribution in [-0.4, -0.2) is 6.61 Å². The zero-order valence-electron chi connectivity index (χ0n) is 11.2. The van der Waals surface area contributed by atoms with Gasteiger partial charge >= 0.3 is 0 Å². The SMILES string of the molecule is CCCCCCCCOc1c(F)cc(C#N)cc1F. The molecular weight excluding hydrogens is 248 g/mol. The largest absolute Gasteiger partial charge is 0.488 e. The number of hydrogen-bond donors (Lipinski definition) is 0. The van der Waals surface area contributed by atoms with Gasteiger partial charge in [0.15, 0.2) is 17.4 Å². The standard InChI is InChI=1S/C15H19F2NO/c1-2-3-4-5-6-7-8-19-15-13(16)9-12(11-18)10-14(15)17/h9-10H,2-8H2,1H3. The van der Waals surface area contributed by atoms with E-state index in [1.807, 2.05) is 0 Å². The van der Waals surface area contributed by atoms with Crippen molar-refractivity contribution < 1.29 is 13.5 Å². The Hall–Kier alpha value is -1.63. The fourth-order valence-electron chi connectivity index (χ4n) is 1.82. The van der Waals surface area contributed by atoms with Gasteiger partial charge in [0.25, 0.3) is 0 Å². The van der Waals surface area contributed by atoms with Gasteiger partial charge in [0, 0.05) is 0 Å². The summed E-state index contributed by atoms with van der Waals surface area (Å²) < 4.78 is 32.0. The first-order chi connectivity index (χ1) is 9.19. The Morgan fingerprint density at radius 1 is 1.05 bits per heavy atom. The highest BCUT2D eigenvalue weighted by atomic mass is 19.1. The first kappa shape index (κ1) is 15.4. The predicted octanol–water partition coefficient (Wildman–Crippen LogP) is 4.58. The molecule has 2 nitrogen and oxygen atoms in total. The number of unbranched alkanes of at least 4 members (excludes halogenated alkanes) is 5. The molecule has 0 bridgehead atoms. The Morgan fingerprint density at radius 2 is 1.63 bits per heavy atom. The summed E-state index contributed by atoms with van der Waals surface area (Å²) >= 11 is 0. The first-order valence-corrected chi connectivity index (χ1v) is 6.71. The molecule has 0 unspecified atom stereocenters. The molecule has 0 amide bonds. The highest BCUT2D eigenvalue weighted by molar-refractivity contribution is 5.37. The fraction of sp³-hybridized carbons (Fsp3) is 0.533. The Kier molecular flexibility index (Phi) is 6.88. The van der Waals surface area contributed by atoms with Crippen LogP contribution in [0.2, 0.25) is 0 Å². The van der Waals surface area contributed by atoms with Crippen molar-refractivity contribution in [2.24, 2.45) is 0 Å². The van der Waals surface area contributed by atoms with E-state index in [2.05, 4.69) is 6.92 Å². The molecule has 1 aromatic carbocycles. The van der Waals surface area contributed by atoms with E-state index in [0.29, 0.717) is 6.61 Å². The molecule has 104 valence electrons. The van der Waals surface area contributed by atoms with E-state index >= 15 is 0 Å². The quantitative estimate of drug-likeness (QED) is 0.646. The second-order valence-electron chi connectivity index (χ2n) is 4.50. The molecule has 1 aromatic rings.